The molecule has 1 aromatic carbocycles. The Balaban J connectivity index is 2.03. The zero-order valence-corrected chi connectivity index (χ0v) is 15.1. The highest BCUT2D eigenvalue weighted by molar-refractivity contribution is 7.16. The average Bonchev–Trinajstić information content (AvgIpc) is 2.94. The molecule has 1 N–H and O–H groups in total. The zero-order chi connectivity index (χ0) is 16.8. The zero-order valence-electron chi connectivity index (χ0n) is 13.5. The van der Waals surface area contributed by atoms with E-state index in [1.807, 2.05) is 56.3 Å². The van der Waals surface area contributed by atoms with Crippen LogP contribution in [0, 0.1) is 0 Å². The summed E-state index contributed by atoms with van der Waals surface area (Å²) in [6.07, 6.45) is 0. The molecule has 0 saturated heterocycles. The van der Waals surface area contributed by atoms with Gasteiger partial charge in [-0.15, -0.1) is 11.3 Å². The van der Waals surface area contributed by atoms with Crippen LogP contribution in [0.1, 0.15) is 28.2 Å². The third kappa shape index (κ3) is 5.23. The monoisotopic (exact) mass is 352 g/mol. The van der Waals surface area contributed by atoms with Gasteiger partial charge in [-0.3, -0.25) is 4.79 Å². The topological polar surface area (TPSA) is 41.6 Å². The Morgan fingerprint density at radius 2 is 2.04 bits per heavy atom. The van der Waals surface area contributed by atoms with Gasteiger partial charge in [-0.2, -0.15) is 0 Å². The molecule has 2 aromatic rings. The number of nitrogens with zero attached hydrogens (tertiary/aromatic N) is 1. The fraction of sp³-hybridized carbons (Fsp3) is 0.353. The van der Waals surface area contributed by atoms with Crippen LogP contribution in [0.2, 0.25) is 4.34 Å². The van der Waals surface area contributed by atoms with Gasteiger partial charge < -0.3 is 15.0 Å². The summed E-state index contributed by atoms with van der Waals surface area (Å²) >= 11 is 7.42. The van der Waals surface area contributed by atoms with E-state index in [1.165, 1.54) is 11.3 Å². The van der Waals surface area contributed by atoms with E-state index in [2.05, 4.69) is 5.32 Å². The van der Waals surface area contributed by atoms with E-state index < -0.39 is 0 Å². The number of halogens is 1. The van der Waals surface area contributed by atoms with Gasteiger partial charge in [-0.1, -0.05) is 23.7 Å². The van der Waals surface area contributed by atoms with Crippen LogP contribution in [-0.4, -0.2) is 38.1 Å². The lowest BCUT2D eigenvalue weighted by atomic mass is 10.1. The molecule has 23 heavy (non-hydrogen) atoms. The number of thiophene rings is 1. The highest BCUT2D eigenvalue weighted by Gasteiger charge is 2.16. The van der Waals surface area contributed by atoms with Crippen molar-refractivity contribution in [3.63, 3.8) is 0 Å². The fourth-order valence-electron chi connectivity index (χ4n) is 2.02. The number of carbonyl (C=O) groups is 1. The number of hydrogen-bond donors (Lipinski definition) is 1. The molecule has 1 unspecified atom stereocenters. The molecule has 4 nitrogen and oxygen atoms in total. The Hall–Kier alpha value is -1.56. The largest absolute Gasteiger partial charge is 0.491 e. The Morgan fingerprint density at radius 1 is 1.30 bits per heavy atom. The molecule has 1 amide bonds. The average molecular weight is 353 g/mol. The molecule has 6 heteroatoms. The third-order valence-electron chi connectivity index (χ3n) is 3.30. The van der Waals surface area contributed by atoms with E-state index in [1.54, 1.807) is 6.07 Å². The SMILES string of the molecule is CC(NC(=O)c1ccccc1OCCN(C)C)c1ccc(Cl)s1. The number of hydrogen-bond acceptors (Lipinski definition) is 4. The molecular weight excluding hydrogens is 332 g/mol. The van der Waals surface area contributed by atoms with Crippen LogP contribution in [-0.2, 0) is 0 Å². The van der Waals surface area contributed by atoms with Gasteiger partial charge in [0.15, 0.2) is 0 Å². The van der Waals surface area contributed by atoms with Crippen LogP contribution in [0.5, 0.6) is 5.75 Å². The molecule has 0 radical (unpaired) electrons. The van der Waals surface area contributed by atoms with Gasteiger partial charge in [-0.05, 0) is 45.3 Å². The molecule has 0 fully saturated rings. The first-order valence-electron chi connectivity index (χ1n) is 7.40. The van der Waals surface area contributed by atoms with Gasteiger partial charge in [0.05, 0.1) is 15.9 Å². The summed E-state index contributed by atoms with van der Waals surface area (Å²) in [5.74, 6) is 0.450. The molecule has 0 saturated carbocycles. The van der Waals surface area contributed by atoms with Gasteiger partial charge in [0.2, 0.25) is 0 Å². The number of amides is 1. The van der Waals surface area contributed by atoms with Crippen molar-refractivity contribution in [3.05, 3.63) is 51.2 Å². The maximum absolute atomic E-state index is 12.5. The maximum Gasteiger partial charge on any atom is 0.255 e. The lowest BCUT2D eigenvalue weighted by Gasteiger charge is -2.16. The van der Waals surface area contributed by atoms with Crippen molar-refractivity contribution in [3.8, 4) is 5.75 Å². The minimum Gasteiger partial charge on any atom is -0.491 e. The van der Waals surface area contributed by atoms with E-state index >= 15 is 0 Å². The second-order valence-electron chi connectivity index (χ2n) is 5.48. The van der Waals surface area contributed by atoms with Crippen molar-refractivity contribution < 1.29 is 9.53 Å². The number of ether oxygens (including phenoxy) is 1. The van der Waals surface area contributed by atoms with Crippen LogP contribution in [0.25, 0.3) is 0 Å². The van der Waals surface area contributed by atoms with Gasteiger partial charge in [0.25, 0.3) is 5.91 Å². The summed E-state index contributed by atoms with van der Waals surface area (Å²) in [6, 6.07) is 10.9. The predicted octanol–water partition coefficient (Wildman–Crippen LogP) is 3.83. The Bertz CT molecular complexity index is 658. The van der Waals surface area contributed by atoms with E-state index in [-0.39, 0.29) is 11.9 Å². The van der Waals surface area contributed by atoms with Crippen molar-refractivity contribution >= 4 is 28.8 Å². The molecule has 1 atom stereocenters. The minimum atomic E-state index is -0.150. The Kier molecular flexibility index (Phi) is 6.45. The molecule has 124 valence electrons. The third-order valence-corrected chi connectivity index (χ3v) is 4.71. The number of benzene rings is 1. The van der Waals surface area contributed by atoms with E-state index in [9.17, 15) is 4.79 Å². The molecule has 1 heterocycles. The second kappa shape index (κ2) is 8.34. The summed E-state index contributed by atoms with van der Waals surface area (Å²) in [4.78, 5) is 15.6. The molecule has 0 aliphatic rings. The highest BCUT2D eigenvalue weighted by atomic mass is 35.5. The summed E-state index contributed by atoms with van der Waals surface area (Å²) in [6.45, 7) is 3.27. The van der Waals surface area contributed by atoms with Crippen molar-refractivity contribution in [2.75, 3.05) is 27.2 Å². The van der Waals surface area contributed by atoms with Crippen LogP contribution >= 0.6 is 22.9 Å². The van der Waals surface area contributed by atoms with Crippen molar-refractivity contribution in [1.82, 2.24) is 10.2 Å². The number of rotatable bonds is 7. The summed E-state index contributed by atoms with van der Waals surface area (Å²) in [5, 5.41) is 2.99. The second-order valence-corrected chi connectivity index (χ2v) is 7.23. The van der Waals surface area contributed by atoms with Gasteiger partial charge in [0, 0.05) is 11.4 Å². The van der Waals surface area contributed by atoms with Crippen molar-refractivity contribution in [1.29, 1.82) is 0 Å². The van der Waals surface area contributed by atoms with Gasteiger partial charge >= 0.3 is 0 Å². The van der Waals surface area contributed by atoms with E-state index in [0.29, 0.717) is 22.3 Å². The number of nitrogens with one attached hydrogen (secondary N) is 1. The lowest BCUT2D eigenvalue weighted by molar-refractivity contribution is 0.0936. The standard InChI is InChI=1S/C17H21ClN2O2S/c1-12(15-8-9-16(18)23-15)19-17(21)13-6-4-5-7-14(13)22-11-10-20(2)3/h4-9,12H,10-11H2,1-3H3,(H,19,21). The first-order valence-corrected chi connectivity index (χ1v) is 8.59. The van der Waals surface area contributed by atoms with Crippen LogP contribution in [0.15, 0.2) is 36.4 Å². The van der Waals surface area contributed by atoms with Crippen LogP contribution in [0.3, 0.4) is 0 Å². The highest BCUT2D eigenvalue weighted by Crippen LogP contribution is 2.27. The number of para-hydroxylation sites is 1. The molecule has 0 aliphatic heterocycles. The summed E-state index contributed by atoms with van der Waals surface area (Å²) < 4.78 is 6.46. The molecule has 0 aliphatic carbocycles. The van der Waals surface area contributed by atoms with Crippen molar-refractivity contribution in [2.24, 2.45) is 0 Å². The van der Waals surface area contributed by atoms with Gasteiger partial charge in [0.1, 0.15) is 12.4 Å². The number of likely N-dealkylation sites (N-methyl/N-ethyl adjacent to an activating group) is 1. The quantitative estimate of drug-likeness (QED) is 0.823. The molecule has 1 aromatic heterocycles. The summed E-state index contributed by atoms with van der Waals surface area (Å²) in [5.41, 5.74) is 0.542. The normalized spacial score (nSPS) is 12.2. The maximum atomic E-state index is 12.5. The lowest BCUT2D eigenvalue weighted by Crippen LogP contribution is -2.27. The van der Waals surface area contributed by atoms with Crippen molar-refractivity contribution in [2.45, 2.75) is 13.0 Å². The number of carbonyl (C=O) groups excluding carboxylic acids is 1. The molecule has 0 spiro atoms. The van der Waals surface area contributed by atoms with Crippen LogP contribution in [0.4, 0.5) is 0 Å². The minimum absolute atomic E-state index is 0.102. The Labute approximate surface area is 146 Å². The smallest absolute Gasteiger partial charge is 0.255 e. The molecular formula is C17H21ClN2O2S. The Morgan fingerprint density at radius 3 is 2.70 bits per heavy atom. The predicted molar refractivity (Wildman–Crippen MR) is 95.7 cm³/mol. The van der Waals surface area contributed by atoms with Gasteiger partial charge in [-0.25, -0.2) is 0 Å². The first kappa shape index (κ1) is 17.8. The van der Waals surface area contributed by atoms with Crippen LogP contribution < -0.4 is 10.1 Å². The van der Waals surface area contributed by atoms with E-state index in [4.69, 9.17) is 16.3 Å². The summed E-state index contributed by atoms with van der Waals surface area (Å²) in [7, 11) is 3.96. The fourth-order valence-corrected chi connectivity index (χ4v) is 3.09. The molecule has 2 rings (SSSR count). The molecule has 0 bridgehead atoms. The first-order chi connectivity index (χ1) is 11.0. The van der Waals surface area contributed by atoms with E-state index in [0.717, 1.165) is 11.4 Å².